The predicted octanol–water partition coefficient (Wildman–Crippen LogP) is 7.39. The minimum Gasteiger partial charge on any atom is -0.411 e. The first-order chi connectivity index (χ1) is 19.1. The van der Waals surface area contributed by atoms with E-state index in [9.17, 15) is 19.2 Å². The Kier molecular flexibility index (Phi) is 16.7. The fourth-order valence-corrected chi connectivity index (χ4v) is 3.42. The molecule has 0 aromatic heterocycles. The maximum Gasteiger partial charge on any atom is 0.412 e. The molecule has 2 rings (SSSR count). The second-order valence-corrected chi connectivity index (χ2v) is 10.6. The van der Waals surface area contributed by atoms with E-state index in [1.807, 2.05) is 0 Å². The second-order valence-electron chi connectivity index (χ2n) is 10.6. The molecular formula is C31H50N4O6V. The molecule has 1 unspecified atom stereocenters. The number of hydrogen-bond donors (Lipinski definition) is 4. The largest absolute Gasteiger partial charge is 0.412 e. The average molecular weight is 626 g/mol. The molecule has 42 heavy (non-hydrogen) atoms. The van der Waals surface area contributed by atoms with Gasteiger partial charge in [-0.1, -0.05) is 47.3 Å². The van der Waals surface area contributed by atoms with Crippen LogP contribution in [0.15, 0.2) is 72.8 Å². The van der Waals surface area contributed by atoms with Crippen molar-refractivity contribution < 1.29 is 52.9 Å². The van der Waals surface area contributed by atoms with Crippen molar-refractivity contribution in [2.75, 3.05) is 17.2 Å². The maximum atomic E-state index is 12.0. The molecule has 0 bridgehead atoms. The molecule has 1 radical (unpaired) electrons. The van der Waals surface area contributed by atoms with Crippen LogP contribution in [-0.2, 0) is 28.1 Å². The van der Waals surface area contributed by atoms with Gasteiger partial charge in [-0.25, -0.2) is 9.59 Å². The van der Waals surface area contributed by atoms with Crippen molar-refractivity contribution in [3.05, 3.63) is 72.8 Å². The first-order valence-corrected chi connectivity index (χ1v) is 13.2. The minimum atomic E-state index is -0.876. The summed E-state index contributed by atoms with van der Waals surface area (Å²) in [4.78, 5) is 45.2. The van der Waals surface area contributed by atoms with Gasteiger partial charge in [0.1, 0.15) is 11.5 Å². The van der Waals surface area contributed by atoms with Gasteiger partial charge < -0.3 is 31.2 Å². The zero-order valence-corrected chi connectivity index (χ0v) is 26.6. The van der Waals surface area contributed by atoms with Crippen molar-refractivity contribution in [1.82, 2.24) is 5.32 Å². The number of benzene rings is 2. The molecule has 0 spiro atoms. The third-order valence-electron chi connectivity index (χ3n) is 5.74. The smallest absolute Gasteiger partial charge is 0.411 e. The molecule has 1 atom stereocenters. The molecule has 10 nitrogen and oxygen atoms in total. The Balaban J connectivity index is -0.000000236. The molecule has 0 aliphatic carbocycles. The first-order valence-electron chi connectivity index (χ1n) is 13.2. The average Bonchev–Trinajstić information content (AvgIpc) is 2.89. The van der Waals surface area contributed by atoms with Gasteiger partial charge in [-0.05, 0) is 80.1 Å². The first kappa shape index (κ1) is 38.0. The Bertz CT molecular complexity index is 1250. The number of primary amides is 1. The van der Waals surface area contributed by atoms with E-state index in [0.29, 0.717) is 46.5 Å². The molecule has 11 heteroatoms. The molecule has 0 heterocycles. The molecule has 4 amide bonds. The van der Waals surface area contributed by atoms with Crippen LogP contribution in [0, 0.1) is 11.3 Å². The number of hydrogen-bond acceptors (Lipinski definition) is 6. The fraction of sp³-hybridized carbons (Fsp3) is 0.355. The Hall–Kier alpha value is -4.02. The summed E-state index contributed by atoms with van der Waals surface area (Å²) in [6.45, 7) is 19.6. The Morgan fingerprint density at radius 2 is 1.26 bits per heavy atom. The monoisotopic (exact) mass is 625 g/mol. The van der Waals surface area contributed by atoms with E-state index in [4.69, 9.17) is 10.5 Å². The number of anilines is 2. The fourth-order valence-electron chi connectivity index (χ4n) is 3.42. The van der Waals surface area contributed by atoms with E-state index >= 15 is 0 Å². The van der Waals surface area contributed by atoms with E-state index in [0.717, 1.165) is 12.8 Å². The third kappa shape index (κ3) is 15.7. The van der Waals surface area contributed by atoms with Crippen molar-refractivity contribution in [3.63, 3.8) is 0 Å². The number of ether oxygens (including phenoxy) is 2. The topological polar surface area (TPSA) is 149 Å². The summed E-state index contributed by atoms with van der Waals surface area (Å²) in [7, 11) is 0. The number of carbonyl (C=O) groups is 4. The quantitative estimate of drug-likeness (QED) is 0.191. The number of rotatable bonds is 11. The van der Waals surface area contributed by atoms with Gasteiger partial charge in [-0.2, -0.15) is 0 Å². The van der Waals surface area contributed by atoms with Crippen LogP contribution in [0.1, 0.15) is 60.1 Å². The molecular weight excluding hydrogens is 575 g/mol. The van der Waals surface area contributed by atoms with E-state index in [1.165, 1.54) is 12.1 Å². The zero-order chi connectivity index (χ0) is 31.2. The summed E-state index contributed by atoms with van der Waals surface area (Å²) < 4.78 is 9.90. The molecule has 0 saturated heterocycles. The molecule has 5 N–H and O–H groups in total. The Morgan fingerprint density at radius 1 is 0.857 bits per heavy atom. The molecule has 0 fully saturated rings. The normalized spacial score (nSPS) is 10.8. The van der Waals surface area contributed by atoms with Crippen LogP contribution in [-0.4, -0.2) is 30.5 Å². The van der Waals surface area contributed by atoms with Crippen LogP contribution in [0.2, 0.25) is 0 Å². The summed E-state index contributed by atoms with van der Waals surface area (Å²) in [5.74, 6) is 0.861. The van der Waals surface area contributed by atoms with E-state index in [-0.39, 0.29) is 41.5 Å². The predicted molar refractivity (Wildman–Crippen MR) is 170 cm³/mol. The van der Waals surface area contributed by atoms with Gasteiger partial charge in [0.05, 0.1) is 0 Å². The number of amides is 4. The van der Waals surface area contributed by atoms with Gasteiger partial charge in [0.15, 0.2) is 0 Å². The van der Waals surface area contributed by atoms with Gasteiger partial charge in [0.2, 0.25) is 0 Å². The third-order valence-corrected chi connectivity index (χ3v) is 5.74. The molecule has 2 aromatic rings. The van der Waals surface area contributed by atoms with E-state index in [2.05, 4.69) is 61.5 Å². The number of nitrogens with one attached hydrogen (secondary N) is 3. The second kappa shape index (κ2) is 18.4. The summed E-state index contributed by atoms with van der Waals surface area (Å²) in [6, 6.07) is 12.9. The Labute approximate surface area is 266 Å². The van der Waals surface area contributed by atoms with Crippen molar-refractivity contribution >= 4 is 35.4 Å². The molecule has 2 aromatic carbocycles. The molecule has 0 saturated carbocycles. The maximum absolute atomic E-state index is 12.0. The van der Waals surface area contributed by atoms with Gasteiger partial charge in [0, 0.05) is 53.3 Å². The molecule has 0 aliphatic heterocycles. The van der Waals surface area contributed by atoms with Crippen molar-refractivity contribution in [2.24, 2.45) is 17.1 Å². The van der Waals surface area contributed by atoms with Crippen LogP contribution < -0.4 is 31.2 Å². The summed E-state index contributed by atoms with van der Waals surface area (Å²) in [6.07, 6.45) is 0.818. The van der Waals surface area contributed by atoms with Crippen molar-refractivity contribution in [2.45, 2.75) is 54.4 Å². The zero-order valence-electron chi connectivity index (χ0n) is 25.2. The van der Waals surface area contributed by atoms with E-state index in [1.54, 1.807) is 50.2 Å². The standard InChI is InChI=1S/C20H30N2O3.C11H12N2O3.V.4H2/c1-7-15(4)12-20(5,6)13-21-19(24)25-17-10-8-16(9-11-17)22-18(23)14(2)3;1-7(2)10(14)13-8-3-5-9(6-4-8)16-11(12)15;;;;;/h8-11,15H,2,7,12-13H2,1,3-6H3,(H,21,24)(H,22,23);3-6H,1H2,2H3,(H2,12,15)(H,13,14);;4*1H. The summed E-state index contributed by atoms with van der Waals surface area (Å²) in [5.41, 5.74) is 6.91. The van der Waals surface area contributed by atoms with Crippen molar-refractivity contribution in [1.29, 1.82) is 0 Å². The molecule has 235 valence electrons. The minimum absolute atomic E-state index is 0. The van der Waals surface area contributed by atoms with Gasteiger partial charge in [-0.15, -0.1) is 0 Å². The number of carbonyl (C=O) groups excluding carboxylic acids is 4. The van der Waals surface area contributed by atoms with Crippen LogP contribution >= 0.6 is 0 Å². The van der Waals surface area contributed by atoms with E-state index < -0.39 is 12.2 Å². The summed E-state index contributed by atoms with van der Waals surface area (Å²) >= 11 is 0. The van der Waals surface area contributed by atoms with Gasteiger partial charge in [-0.3, -0.25) is 9.59 Å². The van der Waals surface area contributed by atoms with Gasteiger partial charge in [0.25, 0.3) is 11.8 Å². The van der Waals surface area contributed by atoms with Crippen LogP contribution in [0.25, 0.3) is 0 Å². The summed E-state index contributed by atoms with van der Waals surface area (Å²) in [5, 5.41) is 8.13. The Morgan fingerprint density at radius 3 is 1.62 bits per heavy atom. The van der Waals surface area contributed by atoms with Crippen LogP contribution in [0.3, 0.4) is 0 Å². The SMILES string of the molecule is C=C(C)C(=O)Nc1ccc(OC(=O)NCC(C)(C)CC(C)CC)cc1.C=C(C)C(=O)Nc1ccc(OC(N)=O)cc1.[HH].[HH].[HH].[HH].[V]. The number of nitrogens with two attached hydrogens (primary N) is 1. The molecule has 0 aliphatic rings. The van der Waals surface area contributed by atoms with Crippen LogP contribution in [0.5, 0.6) is 11.5 Å². The van der Waals surface area contributed by atoms with Crippen LogP contribution in [0.4, 0.5) is 21.0 Å². The van der Waals surface area contributed by atoms with Gasteiger partial charge >= 0.3 is 12.2 Å². The van der Waals surface area contributed by atoms with Crippen molar-refractivity contribution in [3.8, 4) is 11.5 Å².